The van der Waals surface area contributed by atoms with E-state index >= 15 is 0 Å². The molecule has 0 amide bonds. The van der Waals surface area contributed by atoms with Crippen LogP contribution in [-0.4, -0.2) is 18.9 Å². The Morgan fingerprint density at radius 3 is 2.45 bits per heavy atom. The van der Waals surface area contributed by atoms with Crippen LogP contribution in [0.25, 0.3) is 11.0 Å². The molecule has 0 aliphatic carbocycles. The monoisotopic (exact) mass is 334 g/mol. The van der Waals surface area contributed by atoms with Crippen molar-refractivity contribution < 1.29 is 0 Å². The second-order valence-electron chi connectivity index (χ2n) is 4.89. The van der Waals surface area contributed by atoms with Crippen LogP contribution < -0.4 is 5.69 Å². The third-order valence-corrected chi connectivity index (χ3v) is 4.65. The molecule has 0 fully saturated rings. The molecule has 0 atom stereocenters. The van der Waals surface area contributed by atoms with Crippen molar-refractivity contribution in [3.8, 4) is 0 Å². The van der Waals surface area contributed by atoms with Crippen LogP contribution in [0.15, 0.2) is 33.5 Å². The molecule has 2 heterocycles. The topological polar surface area (TPSA) is 44.8 Å². The molecular weight excluding hydrogens is 320 g/mol. The molecule has 0 N–H and O–H groups in total. The lowest BCUT2D eigenvalue weighted by Crippen LogP contribution is -2.23. The first-order valence-corrected chi connectivity index (χ1v) is 7.12. The summed E-state index contributed by atoms with van der Waals surface area (Å²) in [5.41, 5.74) is 3.77. The number of aromatic nitrogens is 4. The van der Waals surface area contributed by atoms with E-state index in [0.717, 1.165) is 26.9 Å². The summed E-state index contributed by atoms with van der Waals surface area (Å²) in [4.78, 5) is 12.4. The van der Waals surface area contributed by atoms with Crippen LogP contribution in [0, 0.1) is 6.92 Å². The largest absolute Gasteiger partial charge is 0.329 e. The SMILES string of the molecule is Cc1nn(C)c(Cn2c(=O)n(C)c3ccccc32)c1Br. The Morgan fingerprint density at radius 1 is 1.20 bits per heavy atom. The van der Waals surface area contributed by atoms with E-state index in [1.807, 2.05) is 42.9 Å². The molecule has 3 rings (SSSR count). The number of hydrogen-bond donors (Lipinski definition) is 0. The van der Waals surface area contributed by atoms with Crippen LogP contribution in [0.1, 0.15) is 11.4 Å². The molecule has 0 spiro atoms. The van der Waals surface area contributed by atoms with Crippen molar-refractivity contribution in [1.82, 2.24) is 18.9 Å². The minimum absolute atomic E-state index is 0.0167. The molecule has 0 saturated carbocycles. The van der Waals surface area contributed by atoms with Gasteiger partial charge in [-0.1, -0.05) is 12.1 Å². The van der Waals surface area contributed by atoms with Gasteiger partial charge in [-0.3, -0.25) is 13.8 Å². The molecule has 1 aromatic carbocycles. The molecule has 0 saturated heterocycles. The number of imidazole rings is 1. The number of halogens is 1. The minimum Gasteiger partial charge on any atom is -0.295 e. The molecule has 2 aromatic heterocycles. The van der Waals surface area contributed by atoms with Gasteiger partial charge in [-0.15, -0.1) is 0 Å². The number of para-hydroxylation sites is 2. The summed E-state index contributed by atoms with van der Waals surface area (Å²) in [5.74, 6) is 0. The van der Waals surface area contributed by atoms with Crippen LogP contribution in [-0.2, 0) is 20.6 Å². The van der Waals surface area contributed by atoms with E-state index in [9.17, 15) is 4.79 Å². The van der Waals surface area contributed by atoms with Crippen molar-refractivity contribution in [3.63, 3.8) is 0 Å². The van der Waals surface area contributed by atoms with Crippen LogP contribution in [0.5, 0.6) is 0 Å². The molecule has 0 bridgehead atoms. The maximum Gasteiger partial charge on any atom is 0.329 e. The summed E-state index contributed by atoms with van der Waals surface area (Å²) in [7, 11) is 3.69. The number of benzene rings is 1. The van der Waals surface area contributed by atoms with Gasteiger partial charge < -0.3 is 0 Å². The molecule has 5 nitrogen and oxygen atoms in total. The lowest BCUT2D eigenvalue weighted by molar-refractivity contribution is 0.649. The summed E-state index contributed by atoms with van der Waals surface area (Å²) in [6, 6.07) is 7.81. The zero-order valence-corrected chi connectivity index (χ0v) is 13.2. The molecular formula is C14H15BrN4O. The van der Waals surface area contributed by atoms with E-state index in [1.165, 1.54) is 0 Å². The highest BCUT2D eigenvalue weighted by molar-refractivity contribution is 9.10. The highest BCUT2D eigenvalue weighted by atomic mass is 79.9. The second kappa shape index (κ2) is 4.63. The Kier molecular flexibility index (Phi) is 3.05. The molecule has 0 unspecified atom stereocenters. The average molecular weight is 335 g/mol. The fourth-order valence-corrected chi connectivity index (χ4v) is 2.98. The summed E-state index contributed by atoms with van der Waals surface area (Å²) in [5, 5.41) is 4.37. The Bertz CT molecular complexity index is 856. The van der Waals surface area contributed by atoms with Crippen molar-refractivity contribution in [3.05, 3.63) is 50.6 Å². The second-order valence-corrected chi connectivity index (χ2v) is 5.68. The zero-order chi connectivity index (χ0) is 14.4. The van der Waals surface area contributed by atoms with Gasteiger partial charge >= 0.3 is 5.69 Å². The third-order valence-electron chi connectivity index (χ3n) is 3.62. The molecule has 0 radical (unpaired) electrons. The smallest absolute Gasteiger partial charge is 0.295 e. The van der Waals surface area contributed by atoms with Gasteiger partial charge in [-0.25, -0.2) is 4.79 Å². The van der Waals surface area contributed by atoms with Crippen molar-refractivity contribution in [2.45, 2.75) is 13.5 Å². The average Bonchev–Trinajstić information content (AvgIpc) is 2.82. The number of rotatable bonds is 2. The summed E-state index contributed by atoms with van der Waals surface area (Å²) >= 11 is 3.55. The van der Waals surface area contributed by atoms with Gasteiger partial charge in [0.25, 0.3) is 0 Å². The summed E-state index contributed by atoms with van der Waals surface area (Å²) in [6.45, 7) is 2.44. The Hall–Kier alpha value is -1.82. The summed E-state index contributed by atoms with van der Waals surface area (Å²) in [6.07, 6.45) is 0. The van der Waals surface area contributed by atoms with Crippen LogP contribution in [0.2, 0.25) is 0 Å². The van der Waals surface area contributed by atoms with E-state index in [0.29, 0.717) is 6.54 Å². The van der Waals surface area contributed by atoms with E-state index in [4.69, 9.17) is 0 Å². The van der Waals surface area contributed by atoms with Gasteiger partial charge in [0.2, 0.25) is 0 Å². The lowest BCUT2D eigenvalue weighted by Gasteiger charge is -2.05. The number of aryl methyl sites for hydroxylation is 3. The van der Waals surface area contributed by atoms with Crippen LogP contribution >= 0.6 is 15.9 Å². The number of fused-ring (bicyclic) bond motifs is 1. The quantitative estimate of drug-likeness (QED) is 0.721. The van der Waals surface area contributed by atoms with E-state index in [2.05, 4.69) is 21.0 Å². The van der Waals surface area contributed by atoms with Gasteiger partial charge in [0, 0.05) is 14.1 Å². The Morgan fingerprint density at radius 2 is 1.85 bits per heavy atom. The van der Waals surface area contributed by atoms with Gasteiger partial charge in [0.05, 0.1) is 33.4 Å². The predicted octanol–water partition coefficient (Wildman–Crippen LogP) is 2.19. The van der Waals surface area contributed by atoms with Gasteiger partial charge in [0.15, 0.2) is 0 Å². The Labute approximate surface area is 124 Å². The van der Waals surface area contributed by atoms with Crippen molar-refractivity contribution in [2.24, 2.45) is 14.1 Å². The number of nitrogens with zero attached hydrogens (tertiary/aromatic N) is 4. The first kappa shape index (κ1) is 13.2. The van der Waals surface area contributed by atoms with Crippen LogP contribution in [0.3, 0.4) is 0 Å². The normalized spacial score (nSPS) is 11.4. The zero-order valence-electron chi connectivity index (χ0n) is 11.6. The highest BCUT2D eigenvalue weighted by Crippen LogP contribution is 2.22. The van der Waals surface area contributed by atoms with Crippen LogP contribution in [0.4, 0.5) is 0 Å². The van der Waals surface area contributed by atoms with Crippen molar-refractivity contribution in [1.29, 1.82) is 0 Å². The lowest BCUT2D eigenvalue weighted by atomic mass is 10.3. The molecule has 20 heavy (non-hydrogen) atoms. The fourth-order valence-electron chi connectivity index (χ4n) is 2.52. The maximum absolute atomic E-state index is 12.4. The fraction of sp³-hybridized carbons (Fsp3) is 0.286. The molecule has 104 valence electrons. The van der Waals surface area contributed by atoms with Gasteiger partial charge in [0.1, 0.15) is 0 Å². The first-order chi connectivity index (χ1) is 9.50. The standard InChI is InChI=1S/C14H15BrN4O/c1-9-13(15)12(18(3)16-9)8-19-11-7-5-4-6-10(11)17(2)14(19)20/h4-7H,8H2,1-3H3. The maximum atomic E-state index is 12.4. The highest BCUT2D eigenvalue weighted by Gasteiger charge is 2.15. The minimum atomic E-state index is -0.0167. The molecule has 0 aliphatic heterocycles. The molecule has 0 aliphatic rings. The number of hydrogen-bond acceptors (Lipinski definition) is 2. The van der Waals surface area contributed by atoms with Gasteiger partial charge in [-0.05, 0) is 35.0 Å². The Balaban J connectivity index is 2.21. The molecule has 6 heteroatoms. The van der Waals surface area contributed by atoms with Gasteiger partial charge in [-0.2, -0.15) is 5.10 Å². The first-order valence-electron chi connectivity index (χ1n) is 6.33. The van der Waals surface area contributed by atoms with E-state index in [-0.39, 0.29) is 5.69 Å². The van der Waals surface area contributed by atoms with E-state index in [1.54, 1.807) is 16.2 Å². The van der Waals surface area contributed by atoms with Crippen molar-refractivity contribution in [2.75, 3.05) is 0 Å². The third kappa shape index (κ3) is 1.83. The van der Waals surface area contributed by atoms with Crippen molar-refractivity contribution >= 4 is 27.0 Å². The van der Waals surface area contributed by atoms with E-state index < -0.39 is 0 Å². The molecule has 3 aromatic rings. The predicted molar refractivity (Wildman–Crippen MR) is 81.9 cm³/mol. The summed E-state index contributed by atoms with van der Waals surface area (Å²) < 4.78 is 6.22.